The maximum absolute atomic E-state index is 10.6. The number of benzene rings is 2. The van der Waals surface area contributed by atoms with Gasteiger partial charge in [-0.3, -0.25) is 0 Å². The molecule has 29 heavy (non-hydrogen) atoms. The smallest absolute Gasteiger partial charge is 0.341 e. The van der Waals surface area contributed by atoms with E-state index in [0.29, 0.717) is 12.4 Å². The average Bonchev–Trinajstić information content (AvgIpc) is 3.19. The molecule has 0 aliphatic heterocycles. The Labute approximate surface area is 173 Å². The van der Waals surface area contributed by atoms with E-state index in [1.807, 2.05) is 42.6 Å². The summed E-state index contributed by atoms with van der Waals surface area (Å²) in [5.74, 6) is 1.10. The van der Waals surface area contributed by atoms with Gasteiger partial charge in [0.05, 0.1) is 24.4 Å². The minimum absolute atomic E-state index is 0.355. The number of aromatic nitrogens is 1. The van der Waals surface area contributed by atoms with Crippen LogP contribution in [-0.4, -0.2) is 36.4 Å². The highest BCUT2D eigenvalue weighted by molar-refractivity contribution is 7.09. The maximum atomic E-state index is 10.6. The van der Waals surface area contributed by atoms with Gasteiger partial charge in [-0.05, 0) is 49.2 Å². The zero-order chi connectivity index (χ0) is 20.6. The van der Waals surface area contributed by atoms with Crippen molar-refractivity contribution in [3.63, 3.8) is 0 Å². The molecule has 3 rings (SSSR count). The van der Waals surface area contributed by atoms with Gasteiger partial charge in [-0.25, -0.2) is 9.78 Å². The normalized spacial score (nSPS) is 10.6. The van der Waals surface area contributed by atoms with Gasteiger partial charge < -0.3 is 19.3 Å². The van der Waals surface area contributed by atoms with Gasteiger partial charge in [0.2, 0.25) is 0 Å². The number of ether oxygens (including phenoxy) is 3. The van der Waals surface area contributed by atoms with E-state index in [1.54, 1.807) is 30.6 Å². The number of nitrogens with zero attached hydrogens (tertiary/aromatic N) is 1. The molecule has 6 nitrogen and oxygen atoms in total. The maximum Gasteiger partial charge on any atom is 0.341 e. The summed E-state index contributed by atoms with van der Waals surface area (Å²) in [6.45, 7) is 2.07. The fourth-order valence-electron chi connectivity index (χ4n) is 2.83. The molecule has 7 heteroatoms. The van der Waals surface area contributed by atoms with Gasteiger partial charge in [-0.1, -0.05) is 12.1 Å². The number of para-hydroxylation sites is 1. The Balaban J connectivity index is 1.49. The number of carbonyl (C=O) groups is 1. The number of carboxylic acid groups (broad SMARTS) is 1. The molecule has 0 bridgehead atoms. The highest BCUT2D eigenvalue weighted by Gasteiger charge is 2.09. The lowest BCUT2D eigenvalue weighted by Gasteiger charge is -2.10. The molecule has 0 spiro atoms. The zero-order valence-electron chi connectivity index (χ0n) is 16.4. The second-order valence-electron chi connectivity index (χ2n) is 6.39. The van der Waals surface area contributed by atoms with Crippen molar-refractivity contribution in [1.82, 2.24) is 4.98 Å². The zero-order valence-corrected chi connectivity index (χ0v) is 17.2. The van der Waals surface area contributed by atoms with E-state index in [1.165, 1.54) is 0 Å². The summed E-state index contributed by atoms with van der Waals surface area (Å²) in [6, 6.07) is 13.2. The van der Waals surface area contributed by atoms with Crippen molar-refractivity contribution in [2.75, 3.05) is 20.3 Å². The van der Waals surface area contributed by atoms with Crippen LogP contribution in [0.4, 0.5) is 0 Å². The second kappa shape index (κ2) is 9.93. The summed E-state index contributed by atoms with van der Waals surface area (Å²) in [7, 11) is 1.66. The third kappa shape index (κ3) is 5.71. The molecule has 0 aliphatic rings. The van der Waals surface area contributed by atoms with Gasteiger partial charge in [0.25, 0.3) is 0 Å². The second-order valence-corrected chi connectivity index (χ2v) is 7.33. The molecule has 0 saturated heterocycles. The highest BCUT2D eigenvalue weighted by atomic mass is 32.1. The van der Waals surface area contributed by atoms with E-state index >= 15 is 0 Å². The summed E-state index contributed by atoms with van der Waals surface area (Å²) >= 11 is 1.64. The lowest BCUT2D eigenvalue weighted by Crippen LogP contribution is -2.10. The van der Waals surface area contributed by atoms with Gasteiger partial charge in [0, 0.05) is 17.4 Å². The summed E-state index contributed by atoms with van der Waals surface area (Å²) in [5, 5.41) is 11.8. The van der Waals surface area contributed by atoms with Crippen LogP contribution in [0.3, 0.4) is 0 Å². The molecule has 0 aliphatic carbocycles. The largest absolute Gasteiger partial charge is 0.496 e. The van der Waals surface area contributed by atoms with Crippen LogP contribution >= 0.6 is 11.3 Å². The molecule has 0 radical (unpaired) electrons. The van der Waals surface area contributed by atoms with Crippen LogP contribution in [0.1, 0.15) is 17.0 Å². The van der Waals surface area contributed by atoms with E-state index in [-0.39, 0.29) is 6.61 Å². The molecule has 1 aromatic heterocycles. The van der Waals surface area contributed by atoms with Crippen molar-refractivity contribution >= 4 is 17.3 Å². The van der Waals surface area contributed by atoms with Gasteiger partial charge in [0.15, 0.2) is 6.61 Å². The quantitative estimate of drug-likeness (QED) is 0.490. The van der Waals surface area contributed by atoms with Crippen molar-refractivity contribution in [1.29, 1.82) is 0 Å². The van der Waals surface area contributed by atoms with Crippen LogP contribution in [0, 0.1) is 6.92 Å². The topological polar surface area (TPSA) is 77.9 Å². The molecule has 0 amide bonds. The standard InChI is InChI=1S/C22H23NO5S/c1-15-12-16(9-10-19(15)28-13-22(24)25)27-11-5-8-21-23-18(14-29-21)17-6-3-4-7-20(17)26-2/h3-4,6-7,9-10,12,14H,5,8,11,13H2,1-2H3,(H,24,25). The lowest BCUT2D eigenvalue weighted by atomic mass is 10.1. The minimum Gasteiger partial charge on any atom is -0.496 e. The van der Waals surface area contributed by atoms with Crippen molar-refractivity contribution in [2.45, 2.75) is 19.8 Å². The fraction of sp³-hybridized carbons (Fsp3) is 0.273. The van der Waals surface area contributed by atoms with Crippen LogP contribution in [0.15, 0.2) is 47.8 Å². The first kappa shape index (κ1) is 20.7. The van der Waals surface area contributed by atoms with Gasteiger partial charge >= 0.3 is 5.97 Å². The molecule has 0 saturated carbocycles. The van der Waals surface area contributed by atoms with Crippen LogP contribution in [-0.2, 0) is 11.2 Å². The first-order valence-corrected chi connectivity index (χ1v) is 10.1. The molecular weight excluding hydrogens is 390 g/mol. The molecule has 1 N–H and O–H groups in total. The lowest BCUT2D eigenvalue weighted by molar-refractivity contribution is -0.139. The van der Waals surface area contributed by atoms with E-state index in [2.05, 4.69) is 0 Å². The number of aryl methyl sites for hydroxylation is 2. The summed E-state index contributed by atoms with van der Waals surface area (Å²) < 4.78 is 16.4. The number of methoxy groups -OCH3 is 1. The number of aliphatic carboxylic acids is 1. The van der Waals surface area contributed by atoms with E-state index in [4.69, 9.17) is 24.3 Å². The minimum atomic E-state index is -0.999. The SMILES string of the molecule is COc1ccccc1-c1csc(CCCOc2ccc(OCC(=O)O)c(C)c2)n1. The van der Waals surface area contributed by atoms with Gasteiger partial charge in [-0.15, -0.1) is 11.3 Å². The third-order valence-corrected chi connectivity index (χ3v) is 5.14. The first-order chi connectivity index (χ1) is 14.1. The van der Waals surface area contributed by atoms with Gasteiger partial charge in [0.1, 0.15) is 17.2 Å². The molecule has 2 aromatic carbocycles. The number of carboxylic acids is 1. The molecule has 1 heterocycles. The predicted octanol–water partition coefficient (Wildman–Crippen LogP) is 4.60. The Hall–Kier alpha value is -3.06. The Kier molecular flexibility index (Phi) is 7.08. The molecule has 0 fully saturated rings. The Bertz CT molecular complexity index is 969. The molecule has 0 unspecified atom stereocenters. The van der Waals surface area contributed by atoms with Crippen molar-refractivity contribution in [2.24, 2.45) is 0 Å². The van der Waals surface area contributed by atoms with E-state index in [9.17, 15) is 4.79 Å². The van der Waals surface area contributed by atoms with Crippen LogP contribution in [0.2, 0.25) is 0 Å². The van der Waals surface area contributed by atoms with Gasteiger partial charge in [-0.2, -0.15) is 0 Å². The first-order valence-electron chi connectivity index (χ1n) is 9.22. The van der Waals surface area contributed by atoms with Crippen molar-refractivity contribution in [3.05, 3.63) is 58.4 Å². The number of rotatable bonds is 10. The third-order valence-electron chi connectivity index (χ3n) is 4.24. The highest BCUT2D eigenvalue weighted by Crippen LogP contribution is 2.30. The summed E-state index contributed by atoms with van der Waals surface area (Å²) in [4.78, 5) is 15.3. The summed E-state index contributed by atoms with van der Waals surface area (Å²) in [5.41, 5.74) is 2.76. The average molecular weight is 413 g/mol. The Morgan fingerprint density at radius 3 is 2.72 bits per heavy atom. The number of hydrogen-bond donors (Lipinski definition) is 1. The predicted molar refractivity (Wildman–Crippen MR) is 112 cm³/mol. The van der Waals surface area contributed by atoms with Crippen LogP contribution in [0.25, 0.3) is 11.3 Å². The molecule has 152 valence electrons. The van der Waals surface area contributed by atoms with Crippen molar-refractivity contribution in [3.8, 4) is 28.5 Å². The summed E-state index contributed by atoms with van der Waals surface area (Å²) in [6.07, 6.45) is 1.67. The van der Waals surface area contributed by atoms with Crippen LogP contribution < -0.4 is 14.2 Å². The van der Waals surface area contributed by atoms with E-state index in [0.717, 1.165) is 46.2 Å². The van der Waals surface area contributed by atoms with Crippen molar-refractivity contribution < 1.29 is 24.1 Å². The number of thiazole rings is 1. The Morgan fingerprint density at radius 1 is 1.14 bits per heavy atom. The molecule has 3 aromatic rings. The fourth-order valence-corrected chi connectivity index (χ4v) is 3.67. The van der Waals surface area contributed by atoms with E-state index < -0.39 is 5.97 Å². The van der Waals surface area contributed by atoms with Crippen LogP contribution in [0.5, 0.6) is 17.2 Å². The monoisotopic (exact) mass is 413 g/mol. The Morgan fingerprint density at radius 2 is 1.97 bits per heavy atom. The number of hydrogen-bond acceptors (Lipinski definition) is 6. The molecule has 0 atom stereocenters. The molecular formula is C22H23NO5S.